The molecule has 1 aromatic heterocycles. The summed E-state index contributed by atoms with van der Waals surface area (Å²) in [4.78, 5) is 12.3. The molecule has 0 fully saturated rings. The first-order valence-corrected chi connectivity index (χ1v) is 6.71. The minimum atomic E-state index is 0.440. The number of rotatable bonds is 5. The fourth-order valence-electron chi connectivity index (χ4n) is 1.07. The maximum absolute atomic E-state index is 8.43. The van der Waals surface area contributed by atoms with Gasteiger partial charge in [-0.15, -0.1) is 0 Å². The molecule has 0 aliphatic heterocycles. The van der Waals surface area contributed by atoms with Gasteiger partial charge in [-0.2, -0.15) is 17.0 Å². The minimum absolute atomic E-state index is 0.440. The Hall–Kier alpha value is -1.52. The van der Waals surface area contributed by atoms with Crippen molar-refractivity contribution in [1.82, 2.24) is 20.6 Å². The lowest BCUT2D eigenvalue weighted by atomic mass is 10.5. The third-order valence-electron chi connectivity index (χ3n) is 1.88. The molecule has 1 heterocycles. The lowest BCUT2D eigenvalue weighted by molar-refractivity contribution is 1.01. The Kier molecular flexibility index (Phi) is 6.91. The average molecular weight is 285 g/mol. The van der Waals surface area contributed by atoms with Crippen molar-refractivity contribution in [1.29, 1.82) is 5.26 Å². The van der Waals surface area contributed by atoms with E-state index < -0.39 is 0 Å². The fourth-order valence-corrected chi connectivity index (χ4v) is 2.09. The molecule has 0 aromatic carbocycles. The van der Waals surface area contributed by atoms with Crippen molar-refractivity contribution in [2.45, 2.75) is 5.75 Å². The second kappa shape index (κ2) is 8.55. The zero-order valence-electron chi connectivity index (χ0n) is 9.85. The molecule has 2 N–H and O–H groups in total. The Balaban J connectivity index is 2.27. The molecular formula is C10H13ClN6S. The highest BCUT2D eigenvalue weighted by Gasteiger charge is 2.01. The van der Waals surface area contributed by atoms with Crippen molar-refractivity contribution in [3.05, 3.63) is 23.2 Å². The van der Waals surface area contributed by atoms with Crippen LogP contribution in [-0.2, 0) is 5.75 Å². The molecule has 0 radical (unpaired) electrons. The Morgan fingerprint density at radius 3 is 3.00 bits per heavy atom. The summed E-state index contributed by atoms with van der Waals surface area (Å²) in [6.45, 7) is 0.605. The number of guanidine groups is 1. The second-order valence-corrected chi connectivity index (χ2v) is 4.53. The van der Waals surface area contributed by atoms with Crippen LogP contribution in [0.3, 0.4) is 0 Å². The molecule has 0 saturated carbocycles. The summed E-state index contributed by atoms with van der Waals surface area (Å²) in [6, 6.07) is 0. The monoisotopic (exact) mass is 284 g/mol. The van der Waals surface area contributed by atoms with E-state index in [0.717, 1.165) is 11.4 Å². The molecule has 6 nitrogen and oxygen atoms in total. The highest BCUT2D eigenvalue weighted by atomic mass is 35.5. The molecule has 0 bridgehead atoms. The van der Waals surface area contributed by atoms with Gasteiger partial charge in [-0.1, -0.05) is 11.6 Å². The number of nitrogens with one attached hydrogen (secondary N) is 2. The summed E-state index contributed by atoms with van der Waals surface area (Å²) in [6.07, 6.45) is 4.99. The maximum Gasteiger partial charge on any atom is 0.204 e. The van der Waals surface area contributed by atoms with E-state index in [4.69, 9.17) is 16.9 Å². The standard InChI is InChI=1S/C10H13ClN6S/c1-13-10(17-7-12)16-4-5-18-6-8-9(11)15-3-2-14-8/h2-3H,4-6H2,1H3,(H2,13,16,17). The van der Waals surface area contributed by atoms with Crippen LogP contribution in [0.5, 0.6) is 0 Å². The number of halogens is 1. The molecule has 0 aliphatic rings. The van der Waals surface area contributed by atoms with Gasteiger partial charge in [0.25, 0.3) is 0 Å². The van der Waals surface area contributed by atoms with Gasteiger partial charge < -0.3 is 5.32 Å². The summed E-state index contributed by atoms with van der Waals surface area (Å²) >= 11 is 7.54. The van der Waals surface area contributed by atoms with E-state index in [2.05, 4.69) is 25.6 Å². The predicted octanol–water partition coefficient (Wildman–Crippen LogP) is 1.01. The quantitative estimate of drug-likeness (QED) is 0.276. The molecule has 0 aliphatic carbocycles. The first-order valence-electron chi connectivity index (χ1n) is 5.18. The van der Waals surface area contributed by atoms with Crippen molar-refractivity contribution in [3.63, 3.8) is 0 Å². The summed E-state index contributed by atoms with van der Waals surface area (Å²) in [5.41, 5.74) is 0.775. The largest absolute Gasteiger partial charge is 0.359 e. The van der Waals surface area contributed by atoms with Crippen LogP contribution >= 0.6 is 23.4 Å². The molecule has 1 aromatic rings. The molecule has 96 valence electrons. The zero-order chi connectivity index (χ0) is 13.2. The van der Waals surface area contributed by atoms with E-state index in [1.54, 1.807) is 31.2 Å². The van der Waals surface area contributed by atoms with Crippen molar-refractivity contribution in [2.75, 3.05) is 19.3 Å². The number of hydrogen-bond acceptors (Lipinski definition) is 5. The number of thioether (sulfide) groups is 1. The van der Waals surface area contributed by atoms with Crippen LogP contribution in [0.25, 0.3) is 0 Å². The van der Waals surface area contributed by atoms with Gasteiger partial charge in [0, 0.05) is 30.9 Å². The first-order chi connectivity index (χ1) is 8.77. The molecule has 0 amide bonds. The maximum atomic E-state index is 8.43. The normalized spacial score (nSPS) is 10.8. The summed E-state index contributed by atoms with van der Waals surface area (Å²) in [7, 11) is 1.70. The highest BCUT2D eigenvalue weighted by molar-refractivity contribution is 7.98. The van der Waals surface area contributed by atoms with Crippen molar-refractivity contribution in [3.8, 4) is 6.19 Å². The number of hydrogen-bond donors (Lipinski definition) is 2. The fraction of sp³-hybridized carbons (Fsp3) is 0.400. The van der Waals surface area contributed by atoms with Gasteiger partial charge in [0.15, 0.2) is 11.3 Å². The van der Waals surface area contributed by atoms with Gasteiger partial charge in [0.1, 0.15) is 0 Å². The van der Waals surface area contributed by atoms with Gasteiger partial charge in [-0.3, -0.25) is 15.3 Å². The minimum Gasteiger partial charge on any atom is -0.359 e. The Morgan fingerprint density at radius 2 is 2.33 bits per heavy atom. The van der Waals surface area contributed by atoms with Crippen LogP contribution in [0.15, 0.2) is 17.4 Å². The summed E-state index contributed by atoms with van der Waals surface area (Å²) in [5.74, 6) is 1.98. The number of aliphatic imine (C=N–C) groups is 1. The number of aromatic nitrogens is 2. The topological polar surface area (TPSA) is 86.0 Å². The smallest absolute Gasteiger partial charge is 0.204 e. The van der Waals surface area contributed by atoms with Gasteiger partial charge in [0.2, 0.25) is 5.96 Å². The SMILES string of the molecule is CN/C(=N/CCSCc1nccnc1Cl)NC#N. The van der Waals surface area contributed by atoms with E-state index in [1.165, 1.54) is 0 Å². The Labute approximate surface area is 115 Å². The Morgan fingerprint density at radius 1 is 1.56 bits per heavy atom. The third kappa shape index (κ3) is 5.21. The molecule has 18 heavy (non-hydrogen) atoms. The van der Waals surface area contributed by atoms with Crippen LogP contribution in [-0.4, -0.2) is 35.3 Å². The number of nitrogens with zero attached hydrogens (tertiary/aromatic N) is 4. The number of nitriles is 1. The summed E-state index contributed by atoms with van der Waals surface area (Å²) < 4.78 is 0. The van der Waals surface area contributed by atoms with Gasteiger partial charge in [0.05, 0.1) is 12.2 Å². The van der Waals surface area contributed by atoms with E-state index >= 15 is 0 Å². The first kappa shape index (κ1) is 14.5. The zero-order valence-corrected chi connectivity index (χ0v) is 11.4. The molecule has 0 unspecified atom stereocenters. The van der Waals surface area contributed by atoms with Gasteiger partial charge in [-0.05, 0) is 0 Å². The third-order valence-corrected chi connectivity index (χ3v) is 3.14. The van der Waals surface area contributed by atoms with Crippen LogP contribution in [0, 0.1) is 11.5 Å². The predicted molar refractivity (Wildman–Crippen MR) is 73.3 cm³/mol. The van der Waals surface area contributed by atoms with Crippen LogP contribution in [0.4, 0.5) is 0 Å². The van der Waals surface area contributed by atoms with Crippen LogP contribution in [0.1, 0.15) is 5.69 Å². The van der Waals surface area contributed by atoms with Gasteiger partial charge >= 0.3 is 0 Å². The second-order valence-electron chi connectivity index (χ2n) is 3.06. The van der Waals surface area contributed by atoms with E-state index in [1.807, 2.05) is 6.19 Å². The van der Waals surface area contributed by atoms with E-state index in [0.29, 0.717) is 23.4 Å². The highest BCUT2D eigenvalue weighted by Crippen LogP contribution is 2.15. The molecular weight excluding hydrogens is 272 g/mol. The van der Waals surface area contributed by atoms with E-state index in [9.17, 15) is 0 Å². The Bertz CT molecular complexity index is 444. The van der Waals surface area contributed by atoms with Crippen molar-refractivity contribution >= 4 is 29.3 Å². The molecule has 0 spiro atoms. The summed E-state index contributed by atoms with van der Waals surface area (Å²) in [5, 5.41) is 14.1. The lowest BCUT2D eigenvalue weighted by Gasteiger charge is -2.03. The van der Waals surface area contributed by atoms with Gasteiger partial charge in [-0.25, -0.2) is 4.98 Å². The van der Waals surface area contributed by atoms with E-state index in [-0.39, 0.29) is 0 Å². The van der Waals surface area contributed by atoms with Crippen LogP contribution in [0.2, 0.25) is 5.15 Å². The molecule has 0 atom stereocenters. The van der Waals surface area contributed by atoms with Crippen LogP contribution < -0.4 is 10.6 Å². The van der Waals surface area contributed by atoms with Crippen molar-refractivity contribution in [2.24, 2.45) is 4.99 Å². The molecule has 0 saturated heterocycles. The average Bonchev–Trinajstić information content (AvgIpc) is 2.39. The molecule has 1 rings (SSSR count). The van der Waals surface area contributed by atoms with Crippen molar-refractivity contribution < 1.29 is 0 Å². The lowest BCUT2D eigenvalue weighted by Crippen LogP contribution is -2.31. The molecule has 8 heteroatoms.